The zero-order chi connectivity index (χ0) is 10.7. The lowest BCUT2D eigenvalue weighted by Crippen LogP contribution is -1.88. The standard InChI is InChI=1S/C10H7ClN2O/c11-10-8(6-12-14)5-7-3-1-2-4-9(7)13-10/h1-6,14H/i/hD. The third-order valence-electron chi connectivity index (χ3n) is 1.90. The number of oxime groups is 1. The fourth-order valence-corrected chi connectivity index (χ4v) is 1.45. The van der Waals surface area contributed by atoms with Gasteiger partial charge in [-0.2, -0.15) is 0 Å². The van der Waals surface area contributed by atoms with Crippen LogP contribution in [-0.2, 0) is 0 Å². The lowest BCUT2D eigenvalue weighted by Gasteiger charge is -2.00. The van der Waals surface area contributed by atoms with Gasteiger partial charge in [0.1, 0.15) is 5.15 Å². The summed E-state index contributed by atoms with van der Waals surface area (Å²) in [4.78, 5) is 4.19. The predicted octanol–water partition coefficient (Wildman–Crippen LogP) is 2.70. The van der Waals surface area contributed by atoms with E-state index in [-0.39, 0.29) is 0 Å². The van der Waals surface area contributed by atoms with Crippen LogP contribution in [0.5, 0.6) is 0 Å². The van der Waals surface area contributed by atoms with E-state index in [4.69, 9.17) is 13.0 Å². The molecule has 0 aliphatic heterocycles. The van der Waals surface area contributed by atoms with Gasteiger partial charge in [-0.05, 0) is 12.1 Å². The molecule has 0 bridgehead atoms. The Labute approximate surface area is 87.1 Å². The Hall–Kier alpha value is -1.61. The number of nitrogens with zero attached hydrogens (tertiary/aromatic N) is 2. The number of halogens is 1. The largest absolute Gasteiger partial charge is 0.411 e. The van der Waals surface area contributed by atoms with Crippen LogP contribution in [0, 0.1) is 0 Å². The summed E-state index contributed by atoms with van der Waals surface area (Å²) in [6.07, 6.45) is 1.36. The molecule has 2 aromatic rings. The first-order valence-electron chi connectivity index (χ1n) is 4.43. The summed E-state index contributed by atoms with van der Waals surface area (Å²) in [5, 5.41) is 8.48. The quantitative estimate of drug-likeness (QED) is 0.356. The first-order valence-corrected chi connectivity index (χ1v) is 4.40. The van der Waals surface area contributed by atoms with Gasteiger partial charge < -0.3 is 5.21 Å². The van der Waals surface area contributed by atoms with Crippen molar-refractivity contribution in [1.82, 2.24) is 4.98 Å². The second-order valence-corrected chi connectivity index (χ2v) is 3.15. The summed E-state index contributed by atoms with van der Waals surface area (Å²) < 4.78 is 6.42. The van der Waals surface area contributed by atoms with Crippen LogP contribution < -0.4 is 0 Å². The normalized spacial score (nSPS) is 11.9. The Morgan fingerprint density at radius 3 is 3.21 bits per heavy atom. The van der Waals surface area contributed by atoms with Gasteiger partial charge in [0.05, 0.1) is 11.7 Å². The highest BCUT2D eigenvalue weighted by Gasteiger charge is 2.01. The third kappa shape index (κ3) is 1.54. The molecule has 0 saturated heterocycles. The zero-order valence-corrected chi connectivity index (χ0v) is 7.90. The minimum absolute atomic E-state index is 0.342. The fraction of sp³-hybridized carbons (Fsp3) is 0. The Bertz CT molecular complexity index is 516. The monoisotopic (exact) mass is 207 g/mol. The number of hydrogen-bond acceptors (Lipinski definition) is 3. The van der Waals surface area contributed by atoms with Gasteiger partial charge in [0.2, 0.25) is 0 Å². The number of rotatable bonds is 2. The van der Waals surface area contributed by atoms with Gasteiger partial charge >= 0.3 is 1.43 Å². The molecule has 0 saturated carbocycles. The Morgan fingerprint density at radius 1 is 1.50 bits per heavy atom. The van der Waals surface area contributed by atoms with Crippen LogP contribution >= 0.6 is 11.6 Å². The van der Waals surface area contributed by atoms with Crippen LogP contribution in [0.4, 0.5) is 0 Å². The third-order valence-corrected chi connectivity index (χ3v) is 2.20. The summed E-state index contributed by atoms with van der Waals surface area (Å²) in [5.74, 6) is 0. The molecule has 1 aromatic carbocycles. The molecule has 70 valence electrons. The van der Waals surface area contributed by atoms with E-state index in [1.807, 2.05) is 30.3 Å². The van der Waals surface area contributed by atoms with Crippen LogP contribution in [0.1, 0.15) is 5.56 Å². The van der Waals surface area contributed by atoms with Gasteiger partial charge in [0, 0.05) is 10.9 Å². The van der Waals surface area contributed by atoms with Gasteiger partial charge in [-0.25, -0.2) is 4.98 Å². The molecule has 0 amide bonds. The molecule has 0 fully saturated rings. The molecule has 4 heteroatoms. The van der Waals surface area contributed by atoms with Gasteiger partial charge in [0.15, 0.2) is 0 Å². The van der Waals surface area contributed by atoms with Gasteiger partial charge in [0.25, 0.3) is 0 Å². The molecule has 1 heterocycles. The zero-order valence-electron chi connectivity index (χ0n) is 8.14. The second-order valence-electron chi connectivity index (χ2n) is 2.80. The van der Waals surface area contributed by atoms with Gasteiger partial charge in [-0.3, -0.25) is 0 Å². The summed E-state index contributed by atoms with van der Waals surface area (Å²) >= 11 is 5.92. The van der Waals surface area contributed by atoms with Crippen LogP contribution in [-0.4, -0.2) is 16.4 Å². The van der Waals surface area contributed by atoms with E-state index in [1.165, 1.54) is 6.21 Å². The lowest BCUT2D eigenvalue weighted by atomic mass is 10.2. The van der Waals surface area contributed by atoms with E-state index in [2.05, 4.69) is 15.3 Å². The Morgan fingerprint density at radius 2 is 2.36 bits per heavy atom. The number of para-hydroxylation sites is 1. The highest BCUT2D eigenvalue weighted by Crippen LogP contribution is 2.18. The van der Waals surface area contributed by atoms with E-state index in [1.54, 1.807) is 0 Å². The molecular formula is C10H7ClN2O. The van der Waals surface area contributed by atoms with E-state index in [0.717, 1.165) is 10.9 Å². The van der Waals surface area contributed by atoms with Crippen molar-refractivity contribution in [2.45, 2.75) is 0 Å². The first kappa shape index (κ1) is 7.76. The second kappa shape index (κ2) is 3.64. The van der Waals surface area contributed by atoms with Crippen molar-refractivity contribution in [3.8, 4) is 0 Å². The Kier molecular flexibility index (Phi) is 2.02. The van der Waals surface area contributed by atoms with Crippen molar-refractivity contribution >= 4 is 28.7 Å². The number of fused-ring (bicyclic) bond motifs is 1. The first-order chi connectivity index (χ1) is 7.31. The van der Waals surface area contributed by atoms with Crippen LogP contribution in [0.25, 0.3) is 10.9 Å². The van der Waals surface area contributed by atoms with E-state index >= 15 is 0 Å². The molecule has 1 N–H and O–H groups in total. The minimum Gasteiger partial charge on any atom is -0.411 e. The molecule has 0 aliphatic rings. The van der Waals surface area contributed by atoms with Crippen molar-refractivity contribution < 1.29 is 6.64 Å². The number of aromatic nitrogens is 1. The molecule has 0 unspecified atom stereocenters. The van der Waals surface area contributed by atoms with E-state index < -0.39 is 0 Å². The molecule has 3 nitrogen and oxygen atoms in total. The summed E-state index contributed by atoms with van der Waals surface area (Å²) in [6.45, 7) is 0. The average Bonchev–Trinajstić information content (AvgIpc) is 2.26. The average molecular weight is 208 g/mol. The fourth-order valence-electron chi connectivity index (χ4n) is 1.26. The topological polar surface area (TPSA) is 45.5 Å². The lowest BCUT2D eigenvalue weighted by molar-refractivity contribution is 0.322. The number of hydrogen-bond donors (Lipinski definition) is 1. The van der Waals surface area contributed by atoms with E-state index in [0.29, 0.717) is 10.7 Å². The van der Waals surface area contributed by atoms with Crippen LogP contribution in [0.3, 0.4) is 0 Å². The molecule has 0 radical (unpaired) electrons. The van der Waals surface area contributed by atoms with Crippen molar-refractivity contribution in [2.75, 3.05) is 0 Å². The highest BCUT2D eigenvalue weighted by atomic mass is 35.5. The molecule has 0 aliphatic carbocycles. The van der Waals surface area contributed by atoms with Crippen molar-refractivity contribution in [2.24, 2.45) is 5.16 Å². The van der Waals surface area contributed by atoms with Gasteiger partial charge in [-0.15, -0.1) is 0 Å². The van der Waals surface area contributed by atoms with Crippen molar-refractivity contribution in [3.63, 3.8) is 0 Å². The summed E-state index contributed by atoms with van der Waals surface area (Å²) in [5.41, 5.74) is 1.45. The van der Waals surface area contributed by atoms with Gasteiger partial charge in [-0.1, -0.05) is 35.0 Å². The SMILES string of the molecule is [2H]ON=Cc1cc2ccccc2nc1Cl. The summed E-state index contributed by atoms with van der Waals surface area (Å²) in [7, 11) is 0. The molecule has 14 heavy (non-hydrogen) atoms. The number of benzene rings is 1. The smallest absolute Gasteiger partial charge is 0.330 e. The molecule has 0 atom stereocenters. The maximum absolute atomic E-state index is 6.42. The molecular weight excluding hydrogens is 200 g/mol. The minimum atomic E-state index is 0.342. The predicted molar refractivity (Wildman–Crippen MR) is 56.1 cm³/mol. The van der Waals surface area contributed by atoms with Crippen LogP contribution in [0.2, 0.25) is 6.58 Å². The maximum Gasteiger partial charge on any atom is 0.330 e. The summed E-state index contributed by atoms with van der Waals surface area (Å²) in [6, 6.07) is 9.46. The maximum atomic E-state index is 6.42. The number of pyridine rings is 1. The van der Waals surface area contributed by atoms with Crippen molar-refractivity contribution in [3.05, 3.63) is 41.0 Å². The molecule has 0 spiro atoms. The van der Waals surface area contributed by atoms with Crippen molar-refractivity contribution in [1.29, 1.82) is 0 Å². The van der Waals surface area contributed by atoms with Crippen LogP contribution in [0.15, 0.2) is 35.5 Å². The Balaban J connectivity index is 2.57. The van der Waals surface area contributed by atoms with E-state index in [9.17, 15) is 0 Å². The molecule has 2 rings (SSSR count). The highest BCUT2D eigenvalue weighted by molar-refractivity contribution is 6.32. The molecule has 1 aromatic heterocycles.